The highest BCUT2D eigenvalue weighted by Crippen LogP contribution is 2.35. The van der Waals surface area contributed by atoms with E-state index in [1.165, 1.54) is 38.1 Å². The van der Waals surface area contributed by atoms with Crippen molar-refractivity contribution >= 4 is 32.6 Å². The lowest BCUT2D eigenvalue weighted by Gasteiger charge is -2.05. The van der Waals surface area contributed by atoms with Gasteiger partial charge in [0.05, 0.1) is 0 Å². The van der Waals surface area contributed by atoms with E-state index in [2.05, 4.69) is 73.1 Å². The Morgan fingerprint density at radius 2 is 1.37 bits per heavy atom. The molecule has 4 aromatic rings. The molecule has 0 aliphatic carbocycles. The van der Waals surface area contributed by atoms with Gasteiger partial charge in [0.1, 0.15) is 0 Å². The third-order valence-electron chi connectivity index (χ3n) is 4.13. The van der Waals surface area contributed by atoms with Gasteiger partial charge in [-0.2, -0.15) is 0 Å². The van der Waals surface area contributed by atoms with E-state index in [1.807, 2.05) is 0 Å². The first-order chi connectivity index (χ1) is 9.27. The summed E-state index contributed by atoms with van der Waals surface area (Å²) in [7, 11) is 2.15. The molecule has 0 unspecified atom stereocenters. The molecule has 0 amide bonds. The van der Waals surface area contributed by atoms with E-state index in [0.29, 0.717) is 0 Å². The maximum absolute atomic E-state index is 2.30. The van der Waals surface area contributed by atoms with Crippen LogP contribution in [-0.4, -0.2) is 4.57 Å². The van der Waals surface area contributed by atoms with E-state index in [4.69, 9.17) is 0 Å². The molecule has 0 radical (unpaired) electrons. The largest absolute Gasteiger partial charge is 0.344 e. The number of nitrogens with zero attached hydrogens (tertiary/aromatic N) is 1. The van der Waals surface area contributed by atoms with Gasteiger partial charge in [0.2, 0.25) is 0 Å². The molecule has 1 heteroatoms. The highest BCUT2D eigenvalue weighted by Gasteiger charge is 2.11. The molecule has 19 heavy (non-hydrogen) atoms. The molecule has 0 fully saturated rings. The molecule has 0 aliphatic heterocycles. The van der Waals surface area contributed by atoms with Crippen LogP contribution >= 0.6 is 0 Å². The zero-order valence-electron chi connectivity index (χ0n) is 11.1. The number of aromatic nitrogens is 1. The number of fused-ring (bicyclic) bond motifs is 5. The van der Waals surface area contributed by atoms with Crippen molar-refractivity contribution in [3.8, 4) is 0 Å². The second kappa shape index (κ2) is 3.61. The Morgan fingerprint density at radius 3 is 2.16 bits per heavy atom. The fourth-order valence-electron chi connectivity index (χ4n) is 3.19. The van der Waals surface area contributed by atoms with Crippen molar-refractivity contribution in [1.82, 2.24) is 4.57 Å². The standard InChI is InChI=1S/C18H15N/c1-12-11-17-18(14-8-4-3-7-13(12)14)15-9-5-6-10-16(15)19(17)2/h3-11H,1-2H3. The minimum absolute atomic E-state index is 1.30. The predicted molar refractivity (Wildman–Crippen MR) is 82.7 cm³/mol. The first kappa shape index (κ1) is 10.6. The van der Waals surface area contributed by atoms with Crippen LogP contribution in [0.5, 0.6) is 0 Å². The minimum Gasteiger partial charge on any atom is -0.344 e. The quantitative estimate of drug-likeness (QED) is 0.419. The van der Waals surface area contributed by atoms with E-state index in [-0.39, 0.29) is 0 Å². The van der Waals surface area contributed by atoms with Crippen LogP contribution in [0.4, 0.5) is 0 Å². The third-order valence-corrected chi connectivity index (χ3v) is 4.13. The average molecular weight is 245 g/mol. The summed E-state index contributed by atoms with van der Waals surface area (Å²) in [6.45, 7) is 2.19. The van der Waals surface area contributed by atoms with Gasteiger partial charge in [-0.15, -0.1) is 0 Å². The second-order valence-corrected chi connectivity index (χ2v) is 5.21. The molecule has 0 bridgehead atoms. The van der Waals surface area contributed by atoms with Crippen LogP contribution in [0.2, 0.25) is 0 Å². The number of hydrogen-bond acceptors (Lipinski definition) is 0. The van der Waals surface area contributed by atoms with Gasteiger partial charge in [0.25, 0.3) is 0 Å². The first-order valence-electron chi connectivity index (χ1n) is 6.63. The summed E-state index contributed by atoms with van der Waals surface area (Å²) < 4.78 is 2.30. The molecule has 4 rings (SSSR count). The lowest BCUT2D eigenvalue weighted by atomic mass is 10.00. The summed E-state index contributed by atoms with van der Waals surface area (Å²) >= 11 is 0. The highest BCUT2D eigenvalue weighted by molar-refractivity contribution is 6.21. The van der Waals surface area contributed by atoms with Gasteiger partial charge < -0.3 is 4.57 Å². The Hall–Kier alpha value is -2.28. The number of rotatable bonds is 0. The van der Waals surface area contributed by atoms with Crippen LogP contribution in [0.1, 0.15) is 5.56 Å². The first-order valence-corrected chi connectivity index (χ1v) is 6.63. The smallest absolute Gasteiger partial charge is 0.0497 e. The van der Waals surface area contributed by atoms with Crippen LogP contribution in [0, 0.1) is 6.92 Å². The summed E-state index contributed by atoms with van der Waals surface area (Å²) in [5.74, 6) is 0. The summed E-state index contributed by atoms with van der Waals surface area (Å²) in [4.78, 5) is 0. The van der Waals surface area contributed by atoms with Crippen molar-refractivity contribution in [1.29, 1.82) is 0 Å². The van der Waals surface area contributed by atoms with Crippen molar-refractivity contribution in [3.63, 3.8) is 0 Å². The Labute approximate surface area is 112 Å². The van der Waals surface area contributed by atoms with Gasteiger partial charge in [0.15, 0.2) is 0 Å². The molecular weight excluding hydrogens is 230 g/mol. The van der Waals surface area contributed by atoms with E-state index < -0.39 is 0 Å². The zero-order chi connectivity index (χ0) is 13.0. The van der Waals surface area contributed by atoms with Crippen molar-refractivity contribution in [2.45, 2.75) is 6.92 Å². The Bertz CT molecular complexity index is 923. The van der Waals surface area contributed by atoms with Gasteiger partial charge in [-0.25, -0.2) is 0 Å². The van der Waals surface area contributed by atoms with E-state index >= 15 is 0 Å². The van der Waals surface area contributed by atoms with Crippen molar-refractivity contribution in [2.24, 2.45) is 7.05 Å². The molecule has 0 spiro atoms. The molecule has 0 N–H and O–H groups in total. The van der Waals surface area contributed by atoms with Crippen LogP contribution in [0.25, 0.3) is 32.6 Å². The van der Waals surface area contributed by atoms with Crippen LogP contribution < -0.4 is 0 Å². The van der Waals surface area contributed by atoms with Gasteiger partial charge in [-0.05, 0) is 35.4 Å². The highest BCUT2D eigenvalue weighted by atomic mass is 14.9. The molecule has 1 nitrogen and oxygen atoms in total. The third kappa shape index (κ3) is 1.30. The SMILES string of the molecule is Cc1cc2c(c3ccccc13)c1ccccc1n2C. The molecule has 0 saturated carbocycles. The molecule has 1 aromatic heterocycles. The molecule has 0 atom stereocenters. The van der Waals surface area contributed by atoms with Gasteiger partial charge in [-0.3, -0.25) is 0 Å². The summed E-state index contributed by atoms with van der Waals surface area (Å²) in [5, 5.41) is 5.43. The fraction of sp³-hybridized carbons (Fsp3) is 0.111. The van der Waals surface area contributed by atoms with Crippen molar-refractivity contribution in [2.75, 3.05) is 0 Å². The van der Waals surface area contributed by atoms with Gasteiger partial charge >= 0.3 is 0 Å². The van der Waals surface area contributed by atoms with E-state index in [9.17, 15) is 0 Å². The Kier molecular flexibility index (Phi) is 2.02. The van der Waals surface area contributed by atoms with Crippen LogP contribution in [0.3, 0.4) is 0 Å². The lowest BCUT2D eigenvalue weighted by Crippen LogP contribution is -1.87. The van der Waals surface area contributed by atoms with Crippen LogP contribution in [0.15, 0.2) is 54.6 Å². The normalized spacial score (nSPS) is 11.7. The summed E-state index contributed by atoms with van der Waals surface area (Å²) in [6.07, 6.45) is 0. The molecule has 0 aliphatic rings. The van der Waals surface area contributed by atoms with E-state index in [0.717, 1.165) is 0 Å². The molecule has 1 heterocycles. The number of aryl methyl sites for hydroxylation is 2. The topological polar surface area (TPSA) is 4.93 Å². The monoisotopic (exact) mass is 245 g/mol. The number of benzene rings is 3. The number of hydrogen-bond donors (Lipinski definition) is 0. The lowest BCUT2D eigenvalue weighted by molar-refractivity contribution is 1.01. The van der Waals surface area contributed by atoms with E-state index in [1.54, 1.807) is 0 Å². The second-order valence-electron chi connectivity index (χ2n) is 5.21. The van der Waals surface area contributed by atoms with Gasteiger partial charge in [0, 0.05) is 28.9 Å². The molecule has 0 saturated heterocycles. The summed E-state index contributed by atoms with van der Waals surface area (Å²) in [6, 6.07) is 19.6. The molecular formula is C18H15N. The Balaban J connectivity index is 2.43. The Morgan fingerprint density at radius 1 is 0.737 bits per heavy atom. The van der Waals surface area contributed by atoms with Crippen molar-refractivity contribution in [3.05, 3.63) is 60.2 Å². The van der Waals surface area contributed by atoms with Gasteiger partial charge in [-0.1, -0.05) is 42.5 Å². The summed E-state index contributed by atoms with van der Waals surface area (Å²) in [5.41, 5.74) is 3.96. The molecule has 3 aromatic carbocycles. The fourth-order valence-corrected chi connectivity index (χ4v) is 3.19. The van der Waals surface area contributed by atoms with Crippen molar-refractivity contribution < 1.29 is 0 Å². The zero-order valence-corrected chi connectivity index (χ0v) is 11.1. The minimum atomic E-state index is 1.30. The van der Waals surface area contributed by atoms with Crippen LogP contribution in [-0.2, 0) is 7.05 Å². The maximum Gasteiger partial charge on any atom is 0.0497 e. The average Bonchev–Trinajstić information content (AvgIpc) is 2.73. The molecule has 92 valence electrons. The maximum atomic E-state index is 2.30. The number of para-hydroxylation sites is 1. The predicted octanol–water partition coefficient (Wildman–Crippen LogP) is 4.79.